The molecular formula is C22H35IN4O4. The fraction of sp³-hybridized carbons (Fsp3) is 0.636. The van der Waals surface area contributed by atoms with Gasteiger partial charge < -0.3 is 29.7 Å². The number of nitrogens with one attached hydrogen (secondary N) is 2. The van der Waals surface area contributed by atoms with Crippen LogP contribution in [0.1, 0.15) is 37.3 Å². The van der Waals surface area contributed by atoms with Crippen molar-refractivity contribution in [2.24, 2.45) is 4.99 Å². The molecule has 31 heavy (non-hydrogen) atoms. The average Bonchev–Trinajstić information content (AvgIpc) is 3.27. The van der Waals surface area contributed by atoms with Crippen LogP contribution in [-0.4, -0.2) is 76.5 Å². The van der Waals surface area contributed by atoms with Crippen LogP contribution in [0.2, 0.25) is 0 Å². The third kappa shape index (κ3) is 8.46. The summed E-state index contributed by atoms with van der Waals surface area (Å²) in [6.07, 6.45) is 4.15. The van der Waals surface area contributed by atoms with Crippen LogP contribution in [0.25, 0.3) is 0 Å². The first-order valence-electron chi connectivity index (χ1n) is 10.8. The smallest absolute Gasteiger partial charge is 0.243 e. The number of guanidine groups is 1. The van der Waals surface area contributed by atoms with Crippen LogP contribution in [0, 0.1) is 0 Å². The van der Waals surface area contributed by atoms with Crippen molar-refractivity contribution in [3.8, 4) is 5.75 Å². The minimum atomic E-state index is -0.0385. The topological polar surface area (TPSA) is 84.4 Å². The molecule has 0 aliphatic carbocycles. The lowest BCUT2D eigenvalue weighted by atomic mass is 10.0. The van der Waals surface area contributed by atoms with Gasteiger partial charge in [-0.05, 0) is 25.3 Å². The molecule has 0 bridgehead atoms. The Bertz CT molecular complexity index is 711. The SMILES string of the molecule is CN(C)C(=O)CN=C(NCCCOCC1CCCO1)NC1CCOc2ccccc21.I. The van der Waals surface area contributed by atoms with Crippen molar-refractivity contribution in [3.05, 3.63) is 29.8 Å². The Morgan fingerprint density at radius 3 is 2.87 bits per heavy atom. The number of aliphatic imine (C=N–C) groups is 1. The second kappa shape index (κ2) is 13.7. The van der Waals surface area contributed by atoms with Gasteiger partial charge in [-0.15, -0.1) is 24.0 Å². The predicted molar refractivity (Wildman–Crippen MR) is 131 cm³/mol. The average molecular weight is 546 g/mol. The van der Waals surface area contributed by atoms with E-state index in [1.54, 1.807) is 19.0 Å². The van der Waals surface area contributed by atoms with Crippen molar-refractivity contribution in [1.29, 1.82) is 0 Å². The number of carbonyl (C=O) groups is 1. The van der Waals surface area contributed by atoms with Gasteiger partial charge in [-0.1, -0.05) is 18.2 Å². The van der Waals surface area contributed by atoms with E-state index in [-0.39, 0.29) is 48.6 Å². The van der Waals surface area contributed by atoms with Crippen molar-refractivity contribution in [2.75, 3.05) is 53.6 Å². The number of rotatable bonds is 9. The molecule has 1 fully saturated rings. The van der Waals surface area contributed by atoms with E-state index in [1.807, 2.05) is 18.2 Å². The summed E-state index contributed by atoms with van der Waals surface area (Å²) in [6, 6.07) is 8.11. The highest BCUT2D eigenvalue weighted by atomic mass is 127. The number of carbonyl (C=O) groups excluding carboxylic acids is 1. The second-order valence-corrected chi connectivity index (χ2v) is 7.82. The lowest BCUT2D eigenvalue weighted by molar-refractivity contribution is -0.127. The van der Waals surface area contributed by atoms with Gasteiger partial charge in [0.15, 0.2) is 5.96 Å². The summed E-state index contributed by atoms with van der Waals surface area (Å²) < 4.78 is 17.0. The normalized spacial score (nSPS) is 20.3. The number of nitrogens with zero attached hydrogens (tertiary/aromatic N) is 2. The summed E-state index contributed by atoms with van der Waals surface area (Å²) in [4.78, 5) is 18.0. The minimum Gasteiger partial charge on any atom is -0.493 e. The van der Waals surface area contributed by atoms with Crippen molar-refractivity contribution < 1.29 is 19.0 Å². The highest BCUT2D eigenvalue weighted by Crippen LogP contribution is 2.31. The van der Waals surface area contributed by atoms with Gasteiger partial charge in [-0.25, -0.2) is 4.99 Å². The highest BCUT2D eigenvalue weighted by Gasteiger charge is 2.22. The Hall–Kier alpha value is -1.59. The van der Waals surface area contributed by atoms with Crippen LogP contribution in [-0.2, 0) is 14.3 Å². The van der Waals surface area contributed by atoms with Crippen molar-refractivity contribution in [3.63, 3.8) is 0 Å². The zero-order valence-electron chi connectivity index (χ0n) is 18.5. The maximum Gasteiger partial charge on any atom is 0.243 e. The summed E-state index contributed by atoms with van der Waals surface area (Å²) in [5.41, 5.74) is 1.11. The van der Waals surface area contributed by atoms with Gasteiger partial charge >= 0.3 is 0 Å². The molecule has 8 nitrogen and oxygen atoms in total. The molecule has 2 heterocycles. The molecule has 1 aromatic carbocycles. The number of para-hydroxylation sites is 1. The molecule has 2 aliphatic rings. The fourth-order valence-corrected chi connectivity index (χ4v) is 3.47. The molecular weight excluding hydrogens is 511 g/mol. The summed E-state index contributed by atoms with van der Waals surface area (Å²) in [7, 11) is 3.47. The van der Waals surface area contributed by atoms with E-state index in [0.717, 1.165) is 43.6 Å². The van der Waals surface area contributed by atoms with Crippen molar-refractivity contribution >= 4 is 35.8 Å². The molecule has 2 aliphatic heterocycles. The van der Waals surface area contributed by atoms with E-state index in [2.05, 4.69) is 21.7 Å². The maximum absolute atomic E-state index is 12.0. The third-order valence-corrected chi connectivity index (χ3v) is 5.23. The molecule has 0 saturated carbocycles. The predicted octanol–water partition coefficient (Wildman–Crippen LogP) is 2.34. The Morgan fingerprint density at radius 2 is 2.10 bits per heavy atom. The number of amides is 1. The first-order valence-corrected chi connectivity index (χ1v) is 10.8. The second-order valence-electron chi connectivity index (χ2n) is 7.82. The zero-order valence-corrected chi connectivity index (χ0v) is 20.8. The first kappa shape index (κ1) is 25.7. The summed E-state index contributed by atoms with van der Waals surface area (Å²) in [6.45, 7) is 3.63. The third-order valence-electron chi connectivity index (χ3n) is 5.23. The highest BCUT2D eigenvalue weighted by molar-refractivity contribution is 14.0. The lowest BCUT2D eigenvalue weighted by Gasteiger charge is -2.28. The number of fused-ring (bicyclic) bond motifs is 1. The number of likely N-dealkylation sites (N-methyl/N-ethyl adjacent to an activating group) is 1. The molecule has 1 amide bonds. The molecule has 174 valence electrons. The van der Waals surface area contributed by atoms with Gasteiger partial charge in [-0.2, -0.15) is 0 Å². The molecule has 0 aromatic heterocycles. The number of halogens is 1. The van der Waals surface area contributed by atoms with Crippen LogP contribution >= 0.6 is 24.0 Å². The van der Waals surface area contributed by atoms with Gasteiger partial charge in [0.25, 0.3) is 0 Å². The molecule has 2 unspecified atom stereocenters. The van der Waals surface area contributed by atoms with E-state index in [4.69, 9.17) is 14.2 Å². The van der Waals surface area contributed by atoms with E-state index in [9.17, 15) is 4.79 Å². The number of hydrogen-bond acceptors (Lipinski definition) is 5. The standard InChI is InChI=1S/C22H34N4O4.HI/c1-26(2)21(27)15-24-22(23-11-6-12-28-16-17-7-5-13-29-17)25-19-10-14-30-20-9-4-3-8-18(19)20;/h3-4,8-9,17,19H,5-7,10-16H2,1-2H3,(H2,23,24,25);1H. The summed E-state index contributed by atoms with van der Waals surface area (Å²) >= 11 is 0. The van der Waals surface area contributed by atoms with E-state index in [1.165, 1.54) is 0 Å². The van der Waals surface area contributed by atoms with Gasteiger partial charge in [-0.3, -0.25) is 4.79 Å². The maximum atomic E-state index is 12.0. The molecule has 0 radical (unpaired) electrons. The van der Waals surface area contributed by atoms with Gasteiger partial charge in [0, 0.05) is 45.8 Å². The lowest BCUT2D eigenvalue weighted by Crippen LogP contribution is -2.42. The van der Waals surface area contributed by atoms with Crippen LogP contribution in [0.5, 0.6) is 5.75 Å². The van der Waals surface area contributed by atoms with Crippen molar-refractivity contribution in [2.45, 2.75) is 37.8 Å². The monoisotopic (exact) mass is 546 g/mol. The van der Waals surface area contributed by atoms with Crippen LogP contribution in [0.15, 0.2) is 29.3 Å². The molecule has 9 heteroatoms. The molecule has 3 rings (SSSR count). The molecule has 1 saturated heterocycles. The van der Waals surface area contributed by atoms with E-state index >= 15 is 0 Å². The molecule has 1 aromatic rings. The molecule has 0 spiro atoms. The largest absolute Gasteiger partial charge is 0.493 e. The molecule has 2 atom stereocenters. The summed E-state index contributed by atoms with van der Waals surface area (Å²) in [5.74, 6) is 1.49. The first-order chi connectivity index (χ1) is 14.6. The Kier molecular flexibility index (Phi) is 11.4. The van der Waals surface area contributed by atoms with Crippen LogP contribution in [0.3, 0.4) is 0 Å². The van der Waals surface area contributed by atoms with E-state index < -0.39 is 0 Å². The van der Waals surface area contributed by atoms with Gasteiger partial charge in [0.1, 0.15) is 12.3 Å². The minimum absolute atomic E-state index is 0. The Morgan fingerprint density at radius 1 is 1.26 bits per heavy atom. The zero-order chi connectivity index (χ0) is 21.2. The number of hydrogen-bond donors (Lipinski definition) is 2. The quantitative estimate of drug-likeness (QED) is 0.214. The van der Waals surface area contributed by atoms with E-state index in [0.29, 0.717) is 32.3 Å². The van der Waals surface area contributed by atoms with Gasteiger partial charge in [0.05, 0.1) is 25.4 Å². The Balaban J connectivity index is 0.00000341. The fourth-order valence-electron chi connectivity index (χ4n) is 3.47. The number of benzene rings is 1. The number of ether oxygens (including phenoxy) is 3. The van der Waals surface area contributed by atoms with Crippen LogP contribution < -0.4 is 15.4 Å². The van der Waals surface area contributed by atoms with Crippen molar-refractivity contribution in [1.82, 2.24) is 15.5 Å². The van der Waals surface area contributed by atoms with Crippen LogP contribution in [0.4, 0.5) is 0 Å². The van der Waals surface area contributed by atoms with Gasteiger partial charge in [0.2, 0.25) is 5.91 Å². The Labute approximate surface area is 202 Å². The molecule has 2 N–H and O–H groups in total. The summed E-state index contributed by atoms with van der Waals surface area (Å²) in [5, 5.41) is 6.81.